The number of fused-ring (bicyclic) bond motifs is 7. The Kier molecular flexibility index (Phi) is 8.74. The van der Waals surface area contributed by atoms with Crippen LogP contribution in [-0.2, 0) is 9.59 Å². The Labute approximate surface area is 297 Å². The predicted octanol–water partition coefficient (Wildman–Crippen LogP) is 8.58. The second-order valence-electron chi connectivity index (χ2n) is 19.5. The topological polar surface area (TPSA) is 60.9 Å². The molecule has 0 aromatic heterocycles. The van der Waals surface area contributed by atoms with Gasteiger partial charge < -0.3 is 10.0 Å². The largest absolute Gasteiger partial charge is 0.393 e. The van der Waals surface area contributed by atoms with Crippen LogP contribution in [0.3, 0.4) is 0 Å². The van der Waals surface area contributed by atoms with Crippen LogP contribution in [0.5, 0.6) is 0 Å². The Morgan fingerprint density at radius 1 is 0.837 bits per heavy atom. The average Bonchev–Trinajstić information content (AvgIpc) is 3.06. The van der Waals surface area contributed by atoms with Crippen molar-refractivity contribution in [1.82, 2.24) is 9.80 Å². The highest BCUT2D eigenvalue weighted by Gasteiger charge is 2.69. The fourth-order valence-electron chi connectivity index (χ4n) is 13.1. The zero-order valence-corrected chi connectivity index (χ0v) is 31.7. The minimum absolute atomic E-state index is 0.0447. The van der Waals surface area contributed by atoms with Crippen LogP contribution in [-0.4, -0.2) is 65.4 Å². The molecule has 5 heteroatoms. The molecule has 5 aliphatic carbocycles. The van der Waals surface area contributed by atoms with Crippen molar-refractivity contribution in [2.45, 2.75) is 119 Å². The molecule has 1 saturated heterocycles. The first-order valence-corrected chi connectivity index (χ1v) is 19.7. The monoisotopic (exact) mass is 668 g/mol. The number of allylic oxidation sites excluding steroid dienone is 2. The lowest BCUT2D eigenvalue weighted by molar-refractivity contribution is -0.204. The van der Waals surface area contributed by atoms with E-state index in [-0.39, 0.29) is 44.4 Å². The number of piperazine rings is 1. The Morgan fingerprint density at radius 3 is 2.24 bits per heavy atom. The normalized spacial score (nSPS) is 41.6. The van der Waals surface area contributed by atoms with Crippen LogP contribution >= 0.6 is 0 Å². The lowest BCUT2D eigenvalue weighted by Gasteiger charge is -2.71. The molecule has 1 N–H and O–H groups in total. The molecular weight excluding hydrogens is 604 g/mol. The van der Waals surface area contributed by atoms with Gasteiger partial charge in [0.2, 0.25) is 5.91 Å². The Bertz CT molecular complexity index is 1500. The van der Waals surface area contributed by atoms with Crippen LogP contribution in [0.15, 0.2) is 48.1 Å². The van der Waals surface area contributed by atoms with Crippen molar-refractivity contribution in [2.75, 3.05) is 32.7 Å². The molecule has 268 valence electrons. The van der Waals surface area contributed by atoms with Gasteiger partial charge in [0.1, 0.15) is 0 Å². The molecule has 1 amide bonds. The van der Waals surface area contributed by atoms with Gasteiger partial charge in [0.15, 0.2) is 5.78 Å². The predicted molar refractivity (Wildman–Crippen MR) is 199 cm³/mol. The minimum Gasteiger partial charge on any atom is -0.393 e. The number of nitrogens with zero attached hydrogens (tertiary/aromatic N) is 2. The highest BCUT2D eigenvalue weighted by molar-refractivity contribution is 5.95. The maximum absolute atomic E-state index is 15.0. The van der Waals surface area contributed by atoms with Crippen molar-refractivity contribution in [1.29, 1.82) is 0 Å². The summed E-state index contributed by atoms with van der Waals surface area (Å²) in [4.78, 5) is 32.2. The fourth-order valence-corrected chi connectivity index (χ4v) is 13.1. The maximum atomic E-state index is 15.0. The standard InChI is InChI=1S/C44H64N2O3/c1-39(2)21-23-44(38(49)46-27-25-45(26-28-46)30-32(47)14-13-31-11-9-8-10-12-31)24-22-42(6)33(34(44)29-39)15-16-36-41(5)19-18-37(48)40(3,4)35(41)17-20-43(36,42)7/h8-15,34-37,48H,16-30H2,1-7H3/b14-13+/t34-,35-,36+,37-,41-,42+,43+,44-/m0/s1. The summed E-state index contributed by atoms with van der Waals surface area (Å²) in [6, 6.07) is 9.98. The number of ketones is 1. The molecule has 1 aromatic carbocycles. The van der Waals surface area contributed by atoms with Gasteiger partial charge >= 0.3 is 0 Å². The summed E-state index contributed by atoms with van der Waals surface area (Å²) in [6.07, 6.45) is 17.0. The van der Waals surface area contributed by atoms with Crippen molar-refractivity contribution in [3.63, 3.8) is 0 Å². The summed E-state index contributed by atoms with van der Waals surface area (Å²) < 4.78 is 0. The second kappa shape index (κ2) is 12.2. The van der Waals surface area contributed by atoms with Crippen molar-refractivity contribution in [2.24, 2.45) is 50.2 Å². The molecule has 0 radical (unpaired) electrons. The number of hydrogen-bond acceptors (Lipinski definition) is 4. The zero-order valence-electron chi connectivity index (χ0n) is 31.7. The highest BCUT2D eigenvalue weighted by Crippen LogP contribution is 2.75. The van der Waals surface area contributed by atoms with Gasteiger partial charge in [-0.05, 0) is 121 Å². The smallest absolute Gasteiger partial charge is 0.229 e. The molecule has 7 rings (SSSR count). The van der Waals surface area contributed by atoms with E-state index in [2.05, 4.69) is 64.3 Å². The molecule has 1 aromatic rings. The van der Waals surface area contributed by atoms with Crippen LogP contribution < -0.4 is 0 Å². The van der Waals surface area contributed by atoms with Gasteiger partial charge in [-0.15, -0.1) is 0 Å². The quantitative estimate of drug-likeness (QED) is 0.252. The molecule has 6 aliphatic rings. The number of aliphatic hydroxyl groups is 1. The lowest BCUT2D eigenvalue weighted by atomic mass is 9.33. The molecule has 0 spiro atoms. The lowest BCUT2D eigenvalue weighted by Crippen LogP contribution is -2.66. The van der Waals surface area contributed by atoms with Gasteiger partial charge in [-0.25, -0.2) is 0 Å². The molecule has 1 heterocycles. The van der Waals surface area contributed by atoms with Gasteiger partial charge in [0, 0.05) is 26.2 Å². The van der Waals surface area contributed by atoms with Crippen LogP contribution in [0.4, 0.5) is 0 Å². The SMILES string of the molecule is CC1(C)CC[C@]2(C(=O)N3CCN(CC(=O)/C=C/c4ccccc4)CC3)CC[C@]3(C)C(=CC[C@@H]4[C@@]5(C)CC[C@H](O)C(C)(C)[C@@H]5CC[C@]43C)[C@@H]2C1. The van der Waals surface area contributed by atoms with E-state index < -0.39 is 0 Å². The van der Waals surface area contributed by atoms with E-state index in [0.29, 0.717) is 43.3 Å². The highest BCUT2D eigenvalue weighted by atomic mass is 16.3. The summed E-state index contributed by atoms with van der Waals surface area (Å²) in [7, 11) is 0. The van der Waals surface area contributed by atoms with Crippen molar-refractivity contribution in [3.8, 4) is 0 Å². The van der Waals surface area contributed by atoms with Crippen LogP contribution in [0, 0.1) is 50.2 Å². The third kappa shape index (κ3) is 5.54. The Balaban J connectivity index is 1.11. The van der Waals surface area contributed by atoms with Crippen molar-refractivity contribution >= 4 is 17.8 Å². The third-order valence-electron chi connectivity index (χ3n) is 16.3. The van der Waals surface area contributed by atoms with Gasteiger partial charge in [-0.1, -0.05) is 96.5 Å². The van der Waals surface area contributed by atoms with E-state index in [9.17, 15) is 14.7 Å². The van der Waals surface area contributed by atoms with Gasteiger partial charge in [0.05, 0.1) is 18.1 Å². The Hall–Kier alpha value is -2.24. The van der Waals surface area contributed by atoms with E-state index in [0.717, 1.165) is 70.0 Å². The van der Waals surface area contributed by atoms with E-state index >= 15 is 0 Å². The van der Waals surface area contributed by atoms with Crippen LogP contribution in [0.1, 0.15) is 118 Å². The number of hydrogen-bond donors (Lipinski definition) is 1. The summed E-state index contributed by atoms with van der Waals surface area (Å²) in [6.45, 7) is 20.7. The summed E-state index contributed by atoms with van der Waals surface area (Å²) in [5, 5.41) is 11.1. The molecule has 4 saturated carbocycles. The minimum atomic E-state index is -0.307. The summed E-state index contributed by atoms with van der Waals surface area (Å²) in [5.74, 6) is 1.98. The van der Waals surface area contributed by atoms with E-state index in [1.807, 2.05) is 36.4 Å². The number of carbonyl (C=O) groups is 2. The van der Waals surface area contributed by atoms with Crippen molar-refractivity contribution < 1.29 is 14.7 Å². The molecule has 8 atom stereocenters. The zero-order chi connectivity index (χ0) is 35.0. The molecule has 1 aliphatic heterocycles. The van der Waals surface area contributed by atoms with E-state index in [1.54, 1.807) is 11.6 Å². The summed E-state index contributed by atoms with van der Waals surface area (Å²) in [5.41, 5.74) is 3.07. The maximum Gasteiger partial charge on any atom is 0.229 e. The first-order valence-electron chi connectivity index (χ1n) is 19.7. The van der Waals surface area contributed by atoms with E-state index in [4.69, 9.17) is 0 Å². The number of rotatable bonds is 5. The van der Waals surface area contributed by atoms with Gasteiger partial charge in [0.25, 0.3) is 0 Å². The van der Waals surface area contributed by atoms with Crippen molar-refractivity contribution in [3.05, 3.63) is 53.6 Å². The van der Waals surface area contributed by atoms with Crippen LogP contribution in [0.2, 0.25) is 0 Å². The molecule has 0 bridgehead atoms. The van der Waals surface area contributed by atoms with Gasteiger partial charge in [-0.3, -0.25) is 14.5 Å². The molecule has 0 unspecified atom stereocenters. The van der Waals surface area contributed by atoms with Crippen LogP contribution in [0.25, 0.3) is 6.08 Å². The number of amides is 1. The first kappa shape index (κ1) is 35.2. The third-order valence-corrected chi connectivity index (χ3v) is 16.3. The average molecular weight is 669 g/mol. The number of benzene rings is 1. The Morgan fingerprint density at radius 2 is 1.53 bits per heavy atom. The van der Waals surface area contributed by atoms with E-state index in [1.165, 1.54) is 12.8 Å². The molecule has 5 nitrogen and oxygen atoms in total. The fraction of sp³-hybridized carbons (Fsp3) is 0.727. The first-order chi connectivity index (χ1) is 23.1. The number of aliphatic hydroxyl groups excluding tert-OH is 1. The summed E-state index contributed by atoms with van der Waals surface area (Å²) >= 11 is 0. The van der Waals surface area contributed by atoms with Gasteiger partial charge in [-0.2, -0.15) is 0 Å². The molecular formula is C44H64N2O3. The molecule has 5 fully saturated rings. The number of carbonyl (C=O) groups excluding carboxylic acids is 2. The second-order valence-corrected chi connectivity index (χ2v) is 19.5. The molecule has 49 heavy (non-hydrogen) atoms.